The van der Waals surface area contributed by atoms with Gasteiger partial charge in [-0.05, 0) is 49.1 Å². The maximum atomic E-state index is 13.5. The van der Waals surface area contributed by atoms with Gasteiger partial charge in [0, 0.05) is 31.5 Å². The molecule has 1 aliphatic carbocycles. The van der Waals surface area contributed by atoms with E-state index in [4.69, 9.17) is 0 Å². The lowest BCUT2D eigenvalue weighted by Gasteiger charge is -2.25. The second kappa shape index (κ2) is 10.7. The molecule has 0 saturated heterocycles. The monoisotopic (exact) mass is 505 g/mol. The van der Waals surface area contributed by atoms with E-state index >= 15 is 0 Å². The van der Waals surface area contributed by atoms with Gasteiger partial charge in [-0.25, -0.2) is 17.9 Å². The van der Waals surface area contributed by atoms with E-state index in [-0.39, 0.29) is 11.3 Å². The first-order valence-corrected chi connectivity index (χ1v) is 13.0. The van der Waals surface area contributed by atoms with E-state index in [9.17, 15) is 18.0 Å². The fourth-order valence-electron chi connectivity index (χ4n) is 4.03. The van der Waals surface area contributed by atoms with Crippen molar-refractivity contribution in [1.29, 1.82) is 0 Å². The maximum absolute atomic E-state index is 13.5. The quantitative estimate of drug-likeness (QED) is 0.507. The van der Waals surface area contributed by atoms with Gasteiger partial charge in [0.15, 0.2) is 0 Å². The zero-order valence-corrected chi connectivity index (χ0v) is 20.8. The largest absolute Gasteiger partial charge is 0.329 e. The van der Waals surface area contributed by atoms with Gasteiger partial charge in [0.05, 0.1) is 15.9 Å². The number of sulfonamides is 1. The second-order valence-electron chi connectivity index (χ2n) is 8.48. The lowest BCUT2D eigenvalue weighted by molar-refractivity contribution is -0.120. The number of likely N-dealkylation sites (N-methyl/N-ethyl adjacent to an activating group) is 1. The van der Waals surface area contributed by atoms with E-state index < -0.39 is 28.0 Å². The average molecular weight is 506 g/mol. The van der Waals surface area contributed by atoms with Crippen LogP contribution in [0.3, 0.4) is 0 Å². The fourth-order valence-corrected chi connectivity index (χ4v) is 5.29. The van der Waals surface area contributed by atoms with Crippen molar-refractivity contribution in [3.63, 3.8) is 0 Å². The Labute approximate surface area is 210 Å². The molecule has 0 spiro atoms. The molecule has 2 N–H and O–H groups in total. The number of aromatic nitrogens is 2. The summed E-state index contributed by atoms with van der Waals surface area (Å²) in [7, 11) is -2.49. The lowest BCUT2D eigenvalue weighted by atomic mass is 10.0. The molecule has 0 bridgehead atoms. The predicted molar refractivity (Wildman–Crippen MR) is 139 cm³/mol. The number of hydrogen-bond acceptors (Lipinski definition) is 6. The number of nitrogens with zero attached hydrogens (tertiary/aromatic N) is 3. The van der Waals surface area contributed by atoms with E-state index in [0.717, 1.165) is 12.0 Å². The molecule has 3 aromatic rings. The Morgan fingerprint density at radius 1 is 1.00 bits per heavy atom. The van der Waals surface area contributed by atoms with Crippen LogP contribution in [0.1, 0.15) is 25.3 Å². The minimum absolute atomic E-state index is 0.0734. The molecule has 36 heavy (non-hydrogen) atoms. The van der Waals surface area contributed by atoms with Crippen molar-refractivity contribution in [1.82, 2.24) is 20.0 Å². The number of hydrogen-bond donors (Lipinski definition) is 2. The number of amides is 3. The van der Waals surface area contributed by atoms with Gasteiger partial charge >= 0.3 is 6.03 Å². The van der Waals surface area contributed by atoms with E-state index in [1.165, 1.54) is 4.90 Å². The molecule has 10 heteroatoms. The van der Waals surface area contributed by atoms with Crippen LogP contribution in [0, 0.1) is 0 Å². The van der Waals surface area contributed by atoms with Crippen LogP contribution in [0.25, 0.3) is 11.0 Å². The molecule has 1 unspecified atom stereocenters. The highest BCUT2D eigenvalue weighted by atomic mass is 32.2. The van der Waals surface area contributed by atoms with E-state index in [0.29, 0.717) is 28.7 Å². The Morgan fingerprint density at radius 3 is 2.42 bits per heavy atom. The Hall–Kier alpha value is -4.05. The summed E-state index contributed by atoms with van der Waals surface area (Å²) in [5, 5.41) is 2.57. The van der Waals surface area contributed by atoms with Gasteiger partial charge in [-0.2, -0.15) is 0 Å². The van der Waals surface area contributed by atoms with Crippen LogP contribution in [-0.4, -0.2) is 43.4 Å². The highest BCUT2D eigenvalue weighted by Gasteiger charge is 2.29. The molecule has 1 heterocycles. The first-order chi connectivity index (χ1) is 17.2. The van der Waals surface area contributed by atoms with Gasteiger partial charge in [0.1, 0.15) is 6.04 Å². The van der Waals surface area contributed by atoms with Crippen molar-refractivity contribution < 1.29 is 18.0 Å². The minimum Gasteiger partial charge on any atom is -0.325 e. The molecule has 9 nitrogen and oxygen atoms in total. The van der Waals surface area contributed by atoms with E-state index in [1.807, 2.05) is 36.4 Å². The van der Waals surface area contributed by atoms with Gasteiger partial charge in [-0.3, -0.25) is 14.8 Å². The number of rotatable bonds is 7. The highest BCUT2D eigenvalue weighted by molar-refractivity contribution is 7.94. The minimum atomic E-state index is -4.08. The summed E-state index contributed by atoms with van der Waals surface area (Å²) in [5.74, 6) is -0.414. The average Bonchev–Trinajstić information content (AvgIpc) is 2.87. The number of carbonyl (C=O) groups excluding carboxylic acids is 2. The van der Waals surface area contributed by atoms with Crippen LogP contribution in [-0.2, 0) is 21.2 Å². The number of allylic oxidation sites excluding steroid dienone is 3. The molecule has 1 atom stereocenters. The van der Waals surface area contributed by atoms with Gasteiger partial charge < -0.3 is 10.2 Å². The maximum Gasteiger partial charge on any atom is 0.329 e. The summed E-state index contributed by atoms with van der Waals surface area (Å²) in [6.07, 6.45) is 8.06. The third-order valence-electron chi connectivity index (χ3n) is 5.91. The number of anilines is 1. The summed E-state index contributed by atoms with van der Waals surface area (Å²) in [5.41, 5.74) is 3.26. The van der Waals surface area contributed by atoms with Gasteiger partial charge in [0.2, 0.25) is 5.91 Å². The third kappa shape index (κ3) is 5.77. The molecule has 4 rings (SSSR count). The molecule has 0 aliphatic heterocycles. The summed E-state index contributed by atoms with van der Waals surface area (Å²) >= 11 is 0. The Bertz CT molecular complexity index is 1450. The number of nitrogens with one attached hydrogen (secondary N) is 2. The number of fused-ring (bicyclic) bond motifs is 1. The summed E-state index contributed by atoms with van der Waals surface area (Å²) < 4.78 is 27.7. The zero-order valence-electron chi connectivity index (χ0n) is 20.0. The molecule has 0 radical (unpaired) electrons. The number of urea groups is 1. The van der Waals surface area contributed by atoms with Crippen LogP contribution in [0.2, 0.25) is 0 Å². The molecule has 1 aromatic heterocycles. The van der Waals surface area contributed by atoms with Gasteiger partial charge in [0.25, 0.3) is 10.0 Å². The molecule has 0 fully saturated rings. The highest BCUT2D eigenvalue weighted by Crippen LogP contribution is 2.23. The van der Waals surface area contributed by atoms with Crippen LogP contribution >= 0.6 is 0 Å². The van der Waals surface area contributed by atoms with Crippen molar-refractivity contribution in [2.45, 2.75) is 32.2 Å². The van der Waals surface area contributed by atoms with Crippen molar-refractivity contribution in [2.24, 2.45) is 0 Å². The van der Waals surface area contributed by atoms with Gasteiger partial charge in [-0.15, -0.1) is 0 Å². The second-order valence-corrected chi connectivity index (χ2v) is 10.1. The Morgan fingerprint density at radius 2 is 1.69 bits per heavy atom. The first-order valence-electron chi connectivity index (χ1n) is 11.5. The normalized spacial score (nSPS) is 14.4. The lowest BCUT2D eigenvalue weighted by Crippen LogP contribution is -2.52. The molecule has 0 saturated carbocycles. The summed E-state index contributed by atoms with van der Waals surface area (Å²) in [4.78, 5) is 36.3. The predicted octanol–water partition coefficient (Wildman–Crippen LogP) is 3.46. The molecule has 3 amide bonds. The number of carbonyl (C=O) groups is 2. The van der Waals surface area contributed by atoms with Crippen LogP contribution in [0.15, 0.2) is 83.6 Å². The topological polar surface area (TPSA) is 121 Å². The fraction of sp³-hybridized carbons (Fsp3) is 0.231. The van der Waals surface area contributed by atoms with Gasteiger partial charge in [-0.1, -0.05) is 42.5 Å². The number of benzene rings is 2. The smallest absolute Gasteiger partial charge is 0.325 e. The van der Waals surface area contributed by atoms with Crippen LogP contribution in [0.5, 0.6) is 0 Å². The third-order valence-corrected chi connectivity index (χ3v) is 7.43. The van der Waals surface area contributed by atoms with Crippen molar-refractivity contribution >= 4 is 38.7 Å². The standard InChI is InChI=1S/C26H27N5O4S/c1-18-8-6-7-11-24(18)36(34,35)30-26(33)29-23(16-19-9-4-3-5-10-19)25(32)31(2)20-12-13-21-22(17-20)28-15-14-27-21/h3-5,8-15,17,23H,6-7,16H2,1-2H3,(H2,29,30,33). The van der Waals surface area contributed by atoms with Crippen molar-refractivity contribution in [3.05, 3.63) is 89.1 Å². The molecular formula is C26H27N5O4S. The molecule has 2 aromatic carbocycles. The summed E-state index contributed by atoms with van der Waals surface area (Å²) in [6.45, 7) is 1.69. The van der Waals surface area contributed by atoms with Crippen LogP contribution < -0.4 is 14.9 Å². The van der Waals surface area contributed by atoms with E-state index in [2.05, 4.69) is 20.0 Å². The summed E-state index contributed by atoms with van der Waals surface area (Å²) in [6, 6.07) is 12.4. The van der Waals surface area contributed by atoms with Crippen LogP contribution in [0.4, 0.5) is 10.5 Å². The van der Waals surface area contributed by atoms with Crippen molar-refractivity contribution in [3.8, 4) is 0 Å². The molecule has 186 valence electrons. The Balaban J connectivity index is 1.56. The van der Waals surface area contributed by atoms with Crippen molar-refractivity contribution in [2.75, 3.05) is 11.9 Å². The molecule has 1 aliphatic rings. The zero-order chi connectivity index (χ0) is 25.7. The SMILES string of the molecule is CC1=CCCC=C1S(=O)(=O)NC(=O)NC(Cc1ccccc1)C(=O)N(C)c1ccc2nccnc2c1. The Kier molecular flexibility index (Phi) is 7.44. The first kappa shape index (κ1) is 25.1. The van der Waals surface area contributed by atoms with E-state index in [1.54, 1.807) is 50.6 Å². The molecular weight excluding hydrogens is 478 g/mol.